The number of hydrogen-bond donors (Lipinski definition) is 0. The molecule has 24 heavy (non-hydrogen) atoms. The van der Waals surface area contributed by atoms with Gasteiger partial charge in [0.1, 0.15) is 0 Å². The molecule has 0 aliphatic carbocycles. The van der Waals surface area contributed by atoms with E-state index in [1.165, 1.54) is 11.4 Å². The molecule has 128 valence electrons. The summed E-state index contributed by atoms with van der Waals surface area (Å²) in [4.78, 5) is 14.3. The Morgan fingerprint density at radius 3 is 1.96 bits per heavy atom. The van der Waals surface area contributed by atoms with Gasteiger partial charge in [0.2, 0.25) is 0 Å². The van der Waals surface area contributed by atoms with Gasteiger partial charge in [-0.3, -0.25) is 9.10 Å². The molecule has 6 heteroatoms. The van der Waals surface area contributed by atoms with Gasteiger partial charge >= 0.3 is 0 Å². The Morgan fingerprint density at radius 2 is 1.46 bits per heavy atom. The highest BCUT2D eigenvalue weighted by atomic mass is 32.2. The van der Waals surface area contributed by atoms with Crippen molar-refractivity contribution in [2.75, 3.05) is 24.4 Å². The van der Waals surface area contributed by atoms with Crippen molar-refractivity contribution in [3.05, 3.63) is 60.2 Å². The van der Waals surface area contributed by atoms with Gasteiger partial charge in [0.15, 0.2) is 0 Å². The Morgan fingerprint density at radius 1 is 0.917 bits per heavy atom. The highest BCUT2D eigenvalue weighted by molar-refractivity contribution is 7.92. The topological polar surface area (TPSA) is 57.7 Å². The zero-order valence-corrected chi connectivity index (χ0v) is 15.0. The third kappa shape index (κ3) is 3.59. The number of benzene rings is 2. The van der Waals surface area contributed by atoms with E-state index in [9.17, 15) is 13.2 Å². The molecule has 0 N–H and O–H groups in total. The van der Waals surface area contributed by atoms with E-state index in [-0.39, 0.29) is 10.8 Å². The molecule has 2 aromatic carbocycles. The van der Waals surface area contributed by atoms with Gasteiger partial charge in [0.05, 0.1) is 10.6 Å². The Labute approximate surface area is 143 Å². The number of hydrogen-bond acceptors (Lipinski definition) is 3. The lowest BCUT2D eigenvalue weighted by Crippen LogP contribution is -2.30. The zero-order chi connectivity index (χ0) is 17.7. The molecule has 1 amide bonds. The van der Waals surface area contributed by atoms with Crippen molar-refractivity contribution in [2.45, 2.75) is 18.7 Å². The summed E-state index contributed by atoms with van der Waals surface area (Å²) >= 11 is 0. The lowest BCUT2D eigenvalue weighted by atomic mass is 10.2. The molecule has 0 atom stereocenters. The lowest BCUT2D eigenvalue weighted by molar-refractivity contribution is 0.0773. The summed E-state index contributed by atoms with van der Waals surface area (Å²) in [7, 11) is -2.11. The standard InChI is InChI=1S/C18H22N2O3S/c1-4-20(5-2)18(21)15-11-13-16(14-12-15)19(3)24(22,23)17-9-7-6-8-10-17/h6-14H,4-5H2,1-3H3. The number of nitrogens with zero attached hydrogens (tertiary/aromatic N) is 2. The van der Waals surface area contributed by atoms with Crippen LogP contribution in [0.1, 0.15) is 24.2 Å². The lowest BCUT2D eigenvalue weighted by Gasteiger charge is -2.21. The minimum atomic E-state index is -3.61. The third-order valence-electron chi connectivity index (χ3n) is 3.93. The quantitative estimate of drug-likeness (QED) is 0.808. The number of amides is 1. The zero-order valence-electron chi connectivity index (χ0n) is 14.1. The van der Waals surface area contributed by atoms with Crippen LogP contribution in [0.4, 0.5) is 5.69 Å². The first-order valence-electron chi connectivity index (χ1n) is 7.85. The molecule has 0 saturated heterocycles. The average molecular weight is 346 g/mol. The molecular weight excluding hydrogens is 324 g/mol. The van der Waals surface area contributed by atoms with E-state index >= 15 is 0 Å². The predicted molar refractivity (Wildman–Crippen MR) is 95.7 cm³/mol. The summed E-state index contributed by atoms with van der Waals surface area (Å²) in [5.74, 6) is -0.0554. The van der Waals surface area contributed by atoms with Gasteiger partial charge in [0, 0.05) is 25.7 Å². The fraction of sp³-hybridized carbons (Fsp3) is 0.278. The van der Waals surface area contributed by atoms with E-state index < -0.39 is 10.0 Å². The van der Waals surface area contributed by atoms with Gasteiger partial charge in [-0.15, -0.1) is 0 Å². The summed E-state index contributed by atoms with van der Waals surface area (Å²) < 4.78 is 26.4. The monoisotopic (exact) mass is 346 g/mol. The van der Waals surface area contributed by atoms with Crippen LogP contribution in [0.25, 0.3) is 0 Å². The molecule has 5 nitrogen and oxygen atoms in total. The number of anilines is 1. The van der Waals surface area contributed by atoms with Crippen molar-refractivity contribution >= 4 is 21.6 Å². The van der Waals surface area contributed by atoms with Crippen molar-refractivity contribution in [3.8, 4) is 0 Å². The van der Waals surface area contributed by atoms with E-state index in [1.54, 1.807) is 59.5 Å². The molecule has 0 aromatic heterocycles. The van der Waals surface area contributed by atoms with Crippen molar-refractivity contribution in [1.29, 1.82) is 0 Å². The van der Waals surface area contributed by atoms with Crippen molar-refractivity contribution in [2.24, 2.45) is 0 Å². The molecule has 0 aliphatic heterocycles. The van der Waals surface area contributed by atoms with Crippen molar-refractivity contribution in [3.63, 3.8) is 0 Å². The van der Waals surface area contributed by atoms with E-state index in [4.69, 9.17) is 0 Å². The van der Waals surface area contributed by atoms with Crippen LogP contribution in [0, 0.1) is 0 Å². The van der Waals surface area contributed by atoms with Crippen LogP contribution in [0.15, 0.2) is 59.5 Å². The SMILES string of the molecule is CCN(CC)C(=O)c1ccc(N(C)S(=O)(=O)c2ccccc2)cc1. The van der Waals surface area contributed by atoms with Crippen LogP contribution < -0.4 is 4.31 Å². The fourth-order valence-electron chi connectivity index (χ4n) is 2.40. The second kappa shape index (κ2) is 7.49. The summed E-state index contributed by atoms with van der Waals surface area (Å²) in [5, 5.41) is 0. The first-order chi connectivity index (χ1) is 11.4. The van der Waals surface area contributed by atoms with E-state index in [1.807, 2.05) is 13.8 Å². The number of sulfonamides is 1. The van der Waals surface area contributed by atoms with Gasteiger partial charge in [-0.2, -0.15) is 0 Å². The largest absolute Gasteiger partial charge is 0.339 e. The molecule has 0 spiro atoms. The minimum Gasteiger partial charge on any atom is -0.339 e. The Hall–Kier alpha value is -2.34. The molecule has 2 aromatic rings. The molecule has 0 unspecified atom stereocenters. The second-order valence-electron chi connectivity index (χ2n) is 5.31. The van der Waals surface area contributed by atoms with Gasteiger partial charge in [-0.1, -0.05) is 18.2 Å². The third-order valence-corrected chi connectivity index (χ3v) is 5.73. The van der Waals surface area contributed by atoms with Crippen LogP contribution >= 0.6 is 0 Å². The normalized spacial score (nSPS) is 11.1. The summed E-state index contributed by atoms with van der Waals surface area (Å²) in [5.41, 5.74) is 1.06. The van der Waals surface area contributed by atoms with Gasteiger partial charge in [0.25, 0.3) is 15.9 Å². The average Bonchev–Trinajstić information content (AvgIpc) is 2.63. The summed E-state index contributed by atoms with van der Waals surface area (Å²) in [6, 6.07) is 14.9. The molecular formula is C18H22N2O3S. The Balaban J connectivity index is 2.26. The van der Waals surface area contributed by atoms with Crippen LogP contribution in [-0.4, -0.2) is 39.4 Å². The maximum absolute atomic E-state index is 12.6. The van der Waals surface area contributed by atoms with Crippen LogP contribution in [0.2, 0.25) is 0 Å². The predicted octanol–water partition coefficient (Wildman–Crippen LogP) is 2.99. The summed E-state index contributed by atoms with van der Waals surface area (Å²) in [6.07, 6.45) is 0. The second-order valence-corrected chi connectivity index (χ2v) is 7.28. The molecule has 2 rings (SSSR count). The van der Waals surface area contributed by atoms with E-state index in [0.717, 1.165) is 0 Å². The van der Waals surface area contributed by atoms with Crippen LogP contribution in [0.3, 0.4) is 0 Å². The molecule has 0 fully saturated rings. The maximum Gasteiger partial charge on any atom is 0.264 e. The number of carbonyl (C=O) groups excluding carboxylic acids is 1. The summed E-state index contributed by atoms with van der Waals surface area (Å²) in [6.45, 7) is 5.13. The molecule has 0 bridgehead atoms. The van der Waals surface area contributed by atoms with E-state index in [2.05, 4.69) is 0 Å². The van der Waals surface area contributed by atoms with Crippen molar-refractivity contribution in [1.82, 2.24) is 4.90 Å². The molecule has 0 heterocycles. The van der Waals surface area contributed by atoms with Crippen LogP contribution in [-0.2, 0) is 10.0 Å². The maximum atomic E-state index is 12.6. The number of rotatable bonds is 6. The first kappa shape index (κ1) is 18.0. The highest BCUT2D eigenvalue weighted by Gasteiger charge is 2.21. The van der Waals surface area contributed by atoms with Gasteiger partial charge in [-0.25, -0.2) is 8.42 Å². The Kier molecular flexibility index (Phi) is 5.62. The Bertz CT molecular complexity index is 783. The highest BCUT2D eigenvalue weighted by Crippen LogP contribution is 2.22. The molecule has 0 saturated carbocycles. The van der Waals surface area contributed by atoms with Crippen molar-refractivity contribution < 1.29 is 13.2 Å². The molecule has 0 aliphatic rings. The van der Waals surface area contributed by atoms with Crippen LogP contribution in [0.5, 0.6) is 0 Å². The number of carbonyl (C=O) groups is 1. The van der Waals surface area contributed by atoms with Gasteiger partial charge < -0.3 is 4.90 Å². The van der Waals surface area contributed by atoms with E-state index in [0.29, 0.717) is 24.3 Å². The first-order valence-corrected chi connectivity index (χ1v) is 9.29. The van der Waals surface area contributed by atoms with Gasteiger partial charge in [-0.05, 0) is 50.2 Å². The smallest absolute Gasteiger partial charge is 0.264 e. The molecule has 0 radical (unpaired) electrons. The fourth-order valence-corrected chi connectivity index (χ4v) is 3.61. The minimum absolute atomic E-state index is 0.0554.